The minimum Gasteiger partial charge on any atom is -0.345 e. The first-order chi connectivity index (χ1) is 10.6. The summed E-state index contributed by atoms with van der Waals surface area (Å²) in [5.41, 5.74) is 7.27. The summed E-state index contributed by atoms with van der Waals surface area (Å²) >= 11 is 0. The Morgan fingerprint density at radius 1 is 1.39 bits per heavy atom. The van der Waals surface area contributed by atoms with Crippen LogP contribution in [-0.4, -0.2) is 27.8 Å². The molecular weight excluding hydrogens is 312 g/mol. The molecule has 1 unspecified atom stereocenters. The molecule has 1 aliphatic carbocycles. The van der Waals surface area contributed by atoms with Crippen LogP contribution in [0.5, 0.6) is 0 Å². The number of carbonyl (C=O) groups excluding carboxylic acids is 1. The lowest BCUT2D eigenvalue weighted by Gasteiger charge is -2.29. The third-order valence-corrected chi connectivity index (χ3v) is 4.38. The smallest absolute Gasteiger partial charge is 0.254 e. The van der Waals surface area contributed by atoms with Crippen molar-refractivity contribution in [3.63, 3.8) is 0 Å². The van der Waals surface area contributed by atoms with Crippen LogP contribution in [0.15, 0.2) is 42.7 Å². The molecule has 2 aromatic rings. The van der Waals surface area contributed by atoms with E-state index in [1.807, 2.05) is 37.3 Å². The first-order valence-corrected chi connectivity index (χ1v) is 7.70. The van der Waals surface area contributed by atoms with E-state index >= 15 is 0 Å². The van der Waals surface area contributed by atoms with Crippen molar-refractivity contribution in [3.8, 4) is 0 Å². The molecule has 0 radical (unpaired) electrons. The van der Waals surface area contributed by atoms with Gasteiger partial charge in [0, 0.05) is 12.7 Å². The second-order valence-corrected chi connectivity index (χ2v) is 6.26. The minimum atomic E-state index is -0.307. The molecule has 0 spiro atoms. The van der Waals surface area contributed by atoms with E-state index in [4.69, 9.17) is 5.73 Å². The van der Waals surface area contributed by atoms with Crippen LogP contribution in [0.1, 0.15) is 35.7 Å². The van der Waals surface area contributed by atoms with E-state index in [2.05, 4.69) is 10.4 Å². The zero-order valence-corrected chi connectivity index (χ0v) is 14.1. The Kier molecular flexibility index (Phi) is 5.44. The van der Waals surface area contributed by atoms with Crippen LogP contribution in [0.25, 0.3) is 0 Å². The van der Waals surface area contributed by atoms with E-state index < -0.39 is 0 Å². The van der Waals surface area contributed by atoms with Crippen LogP contribution in [0, 0.1) is 5.92 Å². The van der Waals surface area contributed by atoms with Gasteiger partial charge in [0.05, 0.1) is 23.8 Å². The molecule has 3 rings (SSSR count). The zero-order valence-electron chi connectivity index (χ0n) is 13.2. The summed E-state index contributed by atoms with van der Waals surface area (Å²) in [6.07, 6.45) is 5.68. The van der Waals surface area contributed by atoms with E-state index in [0.29, 0.717) is 24.6 Å². The largest absolute Gasteiger partial charge is 0.345 e. The number of halogens is 1. The average molecular weight is 335 g/mol. The molecular formula is C17H23ClN4O. The third-order valence-electron chi connectivity index (χ3n) is 4.38. The number of rotatable bonds is 6. The summed E-state index contributed by atoms with van der Waals surface area (Å²) in [5.74, 6) is 0.403. The maximum Gasteiger partial charge on any atom is 0.254 e. The molecule has 1 aromatic carbocycles. The van der Waals surface area contributed by atoms with Gasteiger partial charge in [-0.2, -0.15) is 5.10 Å². The Labute approximate surface area is 142 Å². The van der Waals surface area contributed by atoms with Gasteiger partial charge in [0.1, 0.15) is 0 Å². The molecule has 3 N–H and O–H groups in total. The third kappa shape index (κ3) is 4.12. The SMILES string of the molecule is CC(CN)(NC(=O)c1cnn(Cc2ccccc2)c1)C1CC1.Cl. The standard InChI is InChI=1S/C17H22N4O.ClH/c1-17(12-18,15-7-8-15)20-16(22)14-9-19-21(11-14)10-13-5-3-2-4-6-13;/h2-6,9,11,15H,7-8,10,12,18H2,1H3,(H,20,22);1H. The fourth-order valence-electron chi connectivity index (χ4n) is 2.71. The van der Waals surface area contributed by atoms with Crippen LogP contribution < -0.4 is 11.1 Å². The number of carbonyl (C=O) groups is 1. The van der Waals surface area contributed by atoms with Gasteiger partial charge >= 0.3 is 0 Å². The lowest BCUT2D eigenvalue weighted by atomic mass is 9.95. The number of amides is 1. The van der Waals surface area contributed by atoms with Gasteiger partial charge in [-0.25, -0.2) is 0 Å². The van der Waals surface area contributed by atoms with E-state index in [1.165, 1.54) is 0 Å². The molecule has 0 aliphatic heterocycles. The van der Waals surface area contributed by atoms with Crippen molar-refractivity contribution >= 4 is 18.3 Å². The van der Waals surface area contributed by atoms with Gasteiger partial charge in [0.2, 0.25) is 0 Å². The highest BCUT2D eigenvalue weighted by atomic mass is 35.5. The molecule has 1 heterocycles. The topological polar surface area (TPSA) is 72.9 Å². The number of nitrogens with zero attached hydrogens (tertiary/aromatic N) is 2. The average Bonchev–Trinajstić information content (AvgIpc) is 3.29. The molecule has 1 aliphatic rings. The summed E-state index contributed by atoms with van der Waals surface area (Å²) in [6, 6.07) is 10.1. The Bertz CT molecular complexity index is 654. The summed E-state index contributed by atoms with van der Waals surface area (Å²) in [4.78, 5) is 12.4. The first-order valence-electron chi connectivity index (χ1n) is 7.70. The van der Waals surface area contributed by atoms with Gasteiger partial charge < -0.3 is 11.1 Å². The summed E-state index contributed by atoms with van der Waals surface area (Å²) in [6.45, 7) is 3.14. The van der Waals surface area contributed by atoms with E-state index in [1.54, 1.807) is 17.1 Å². The van der Waals surface area contributed by atoms with Gasteiger partial charge in [0.25, 0.3) is 5.91 Å². The molecule has 124 valence electrons. The van der Waals surface area contributed by atoms with Crippen LogP contribution in [-0.2, 0) is 6.54 Å². The highest BCUT2D eigenvalue weighted by Crippen LogP contribution is 2.39. The van der Waals surface area contributed by atoms with Crippen molar-refractivity contribution in [2.24, 2.45) is 11.7 Å². The summed E-state index contributed by atoms with van der Waals surface area (Å²) < 4.78 is 1.78. The van der Waals surface area contributed by atoms with Crippen molar-refractivity contribution in [1.29, 1.82) is 0 Å². The number of nitrogens with one attached hydrogen (secondary N) is 1. The maximum absolute atomic E-state index is 12.4. The van der Waals surface area contributed by atoms with Crippen molar-refractivity contribution in [2.75, 3.05) is 6.54 Å². The van der Waals surface area contributed by atoms with Crippen LogP contribution in [0.2, 0.25) is 0 Å². The molecule has 23 heavy (non-hydrogen) atoms. The van der Waals surface area contributed by atoms with Crippen LogP contribution in [0.4, 0.5) is 0 Å². The molecule has 1 fully saturated rings. The highest BCUT2D eigenvalue weighted by molar-refractivity contribution is 5.94. The summed E-state index contributed by atoms with van der Waals surface area (Å²) in [7, 11) is 0. The highest BCUT2D eigenvalue weighted by Gasteiger charge is 2.41. The lowest BCUT2D eigenvalue weighted by molar-refractivity contribution is 0.0897. The van der Waals surface area contributed by atoms with Crippen molar-refractivity contribution < 1.29 is 4.79 Å². The number of nitrogens with two attached hydrogens (primary N) is 1. The number of hydrogen-bond acceptors (Lipinski definition) is 3. The maximum atomic E-state index is 12.4. The lowest BCUT2D eigenvalue weighted by Crippen LogP contribution is -2.53. The van der Waals surface area contributed by atoms with Crippen molar-refractivity contribution in [1.82, 2.24) is 15.1 Å². The normalized spacial score (nSPS) is 16.3. The predicted molar refractivity (Wildman–Crippen MR) is 92.7 cm³/mol. The molecule has 0 saturated heterocycles. The number of benzene rings is 1. The number of hydrogen-bond donors (Lipinski definition) is 2. The summed E-state index contributed by atoms with van der Waals surface area (Å²) in [5, 5.41) is 7.35. The van der Waals surface area contributed by atoms with Gasteiger partial charge in [-0.3, -0.25) is 9.48 Å². The molecule has 1 atom stereocenters. The Hall–Kier alpha value is -1.85. The van der Waals surface area contributed by atoms with Crippen LogP contribution in [0.3, 0.4) is 0 Å². The monoisotopic (exact) mass is 334 g/mol. The Morgan fingerprint density at radius 2 is 2.09 bits per heavy atom. The molecule has 5 nitrogen and oxygen atoms in total. The molecule has 6 heteroatoms. The predicted octanol–water partition coefficient (Wildman–Crippen LogP) is 2.21. The van der Waals surface area contributed by atoms with Crippen LogP contribution >= 0.6 is 12.4 Å². The Morgan fingerprint density at radius 3 is 2.70 bits per heavy atom. The van der Waals surface area contributed by atoms with E-state index in [0.717, 1.165) is 18.4 Å². The second kappa shape index (κ2) is 7.15. The van der Waals surface area contributed by atoms with Gasteiger partial charge in [-0.1, -0.05) is 30.3 Å². The molecule has 0 bridgehead atoms. The van der Waals surface area contributed by atoms with Crippen molar-refractivity contribution in [2.45, 2.75) is 31.8 Å². The quantitative estimate of drug-likeness (QED) is 0.850. The Balaban J connectivity index is 0.00000192. The zero-order chi connectivity index (χ0) is 15.6. The molecule has 1 aromatic heterocycles. The molecule has 1 amide bonds. The molecule has 1 saturated carbocycles. The first kappa shape index (κ1) is 17.5. The fourth-order valence-corrected chi connectivity index (χ4v) is 2.71. The minimum absolute atomic E-state index is 0. The van der Waals surface area contributed by atoms with E-state index in [-0.39, 0.29) is 23.9 Å². The van der Waals surface area contributed by atoms with Gasteiger partial charge in [-0.15, -0.1) is 12.4 Å². The fraction of sp³-hybridized carbons (Fsp3) is 0.412. The second-order valence-electron chi connectivity index (χ2n) is 6.26. The van der Waals surface area contributed by atoms with Crippen molar-refractivity contribution in [3.05, 3.63) is 53.9 Å². The number of aromatic nitrogens is 2. The van der Waals surface area contributed by atoms with Gasteiger partial charge in [0.15, 0.2) is 0 Å². The van der Waals surface area contributed by atoms with E-state index in [9.17, 15) is 4.79 Å². The van der Waals surface area contributed by atoms with Gasteiger partial charge in [-0.05, 0) is 31.2 Å².